The Balaban J connectivity index is 3.82. The minimum absolute atomic E-state index is 0.0329. The van der Waals surface area contributed by atoms with Crippen molar-refractivity contribution < 1.29 is 24.2 Å². The first-order chi connectivity index (χ1) is 8.61. The maximum atomic E-state index is 11.2. The molecule has 0 aromatic rings. The maximum absolute atomic E-state index is 11.2. The van der Waals surface area contributed by atoms with Crippen LogP contribution in [-0.2, 0) is 19.1 Å². The van der Waals surface area contributed by atoms with Crippen molar-refractivity contribution in [2.45, 2.75) is 19.1 Å². The van der Waals surface area contributed by atoms with Gasteiger partial charge in [0.15, 0.2) is 5.78 Å². The zero-order chi connectivity index (χ0) is 13.8. The summed E-state index contributed by atoms with van der Waals surface area (Å²) in [7, 11) is 0. The first-order valence-electron chi connectivity index (χ1n) is 4.97. The monoisotopic (exact) mass is 256 g/mol. The van der Waals surface area contributed by atoms with Crippen molar-refractivity contribution in [3.05, 3.63) is 10.4 Å². The fraction of sp³-hybridized carbons (Fsp3) is 0.667. The zero-order valence-corrected chi connectivity index (χ0v) is 9.48. The highest BCUT2D eigenvalue weighted by Crippen LogP contribution is 1.97. The molecule has 9 nitrogen and oxygen atoms in total. The molecule has 0 bridgehead atoms. The van der Waals surface area contributed by atoms with Crippen molar-refractivity contribution in [1.82, 2.24) is 0 Å². The zero-order valence-electron chi connectivity index (χ0n) is 9.48. The summed E-state index contributed by atoms with van der Waals surface area (Å²) in [5, 5.41) is 20.5. The minimum Gasteiger partial charge on any atom is -0.464 e. The molecule has 9 heteroatoms. The second-order valence-electron chi connectivity index (χ2n) is 2.95. The van der Waals surface area contributed by atoms with Gasteiger partial charge < -0.3 is 14.6 Å². The van der Waals surface area contributed by atoms with Crippen LogP contribution in [0.15, 0.2) is 5.11 Å². The standard InChI is InChI=1S/C9H12N4O5/c10-2-1-4-17-8(15)6-7(14)9(16)18-5-3-12-13-11/h9,16H,1,3-6H2. The second-order valence-corrected chi connectivity index (χ2v) is 2.95. The number of carbonyl (C=O) groups excluding carboxylic acids is 2. The highest BCUT2D eigenvalue weighted by molar-refractivity contribution is 5.97. The molecule has 0 aromatic carbocycles. The van der Waals surface area contributed by atoms with Crippen LogP contribution in [0.2, 0.25) is 0 Å². The summed E-state index contributed by atoms with van der Waals surface area (Å²) in [6.07, 6.45) is -2.37. The van der Waals surface area contributed by atoms with E-state index in [0.29, 0.717) is 0 Å². The molecule has 0 fully saturated rings. The first kappa shape index (κ1) is 15.9. The van der Waals surface area contributed by atoms with Gasteiger partial charge in [-0.1, -0.05) is 5.11 Å². The lowest BCUT2D eigenvalue weighted by atomic mass is 10.3. The molecule has 0 aliphatic rings. The number of nitrogens with zero attached hydrogens (tertiary/aromatic N) is 4. The molecule has 1 atom stereocenters. The molecule has 98 valence electrons. The number of Topliss-reactive ketones (excluding diaryl/α,β-unsaturated/α-hetero) is 1. The molecule has 0 aromatic heterocycles. The molecule has 0 aliphatic carbocycles. The van der Waals surface area contributed by atoms with E-state index in [1.54, 1.807) is 6.07 Å². The number of aliphatic hydroxyl groups is 1. The Kier molecular flexibility index (Phi) is 8.85. The van der Waals surface area contributed by atoms with Crippen LogP contribution in [0.3, 0.4) is 0 Å². The molecular formula is C9H12N4O5. The highest BCUT2D eigenvalue weighted by atomic mass is 16.6. The van der Waals surface area contributed by atoms with Crippen LogP contribution >= 0.6 is 0 Å². The normalized spacial score (nSPS) is 10.9. The van der Waals surface area contributed by atoms with Crippen LogP contribution in [0.25, 0.3) is 10.4 Å². The van der Waals surface area contributed by atoms with Crippen molar-refractivity contribution in [2.75, 3.05) is 19.8 Å². The number of rotatable bonds is 9. The van der Waals surface area contributed by atoms with Crippen LogP contribution in [0.5, 0.6) is 0 Å². The van der Waals surface area contributed by atoms with Gasteiger partial charge in [-0.15, -0.1) is 0 Å². The first-order valence-corrected chi connectivity index (χ1v) is 4.97. The predicted octanol–water partition coefficient (Wildman–Crippen LogP) is 0.0478. The van der Waals surface area contributed by atoms with E-state index in [1.807, 2.05) is 0 Å². The molecule has 0 rings (SSSR count). The lowest BCUT2D eigenvalue weighted by Gasteiger charge is -2.09. The third-order valence-electron chi connectivity index (χ3n) is 1.60. The average molecular weight is 256 g/mol. The number of nitriles is 1. The van der Waals surface area contributed by atoms with Crippen LogP contribution < -0.4 is 0 Å². The van der Waals surface area contributed by atoms with Gasteiger partial charge in [0.25, 0.3) is 0 Å². The summed E-state index contributed by atoms with van der Waals surface area (Å²) in [4.78, 5) is 24.7. The highest BCUT2D eigenvalue weighted by Gasteiger charge is 2.19. The van der Waals surface area contributed by atoms with Crippen LogP contribution in [-0.4, -0.2) is 42.9 Å². The number of ether oxygens (including phenoxy) is 2. The molecule has 0 heterocycles. The largest absolute Gasteiger partial charge is 0.464 e. The SMILES string of the molecule is N#CCCOC(=O)CC(=O)C(O)OCCN=[N+]=[N-]. The number of esters is 1. The number of ketones is 1. The Morgan fingerprint density at radius 3 is 2.83 bits per heavy atom. The van der Waals surface area contributed by atoms with Gasteiger partial charge in [0, 0.05) is 11.5 Å². The number of aliphatic hydroxyl groups excluding tert-OH is 1. The molecular weight excluding hydrogens is 244 g/mol. The summed E-state index contributed by atoms with van der Waals surface area (Å²) < 4.78 is 9.14. The smallest absolute Gasteiger partial charge is 0.313 e. The molecule has 0 saturated carbocycles. The van der Waals surface area contributed by atoms with E-state index in [2.05, 4.69) is 19.5 Å². The molecule has 0 saturated heterocycles. The lowest BCUT2D eigenvalue weighted by molar-refractivity contribution is -0.161. The van der Waals surface area contributed by atoms with Gasteiger partial charge in [0.05, 0.1) is 19.1 Å². The van der Waals surface area contributed by atoms with Gasteiger partial charge in [0.1, 0.15) is 13.0 Å². The van der Waals surface area contributed by atoms with Crippen molar-refractivity contribution in [3.63, 3.8) is 0 Å². The van der Waals surface area contributed by atoms with E-state index < -0.39 is 24.5 Å². The quantitative estimate of drug-likeness (QED) is 0.117. The molecule has 1 N–H and O–H groups in total. The van der Waals surface area contributed by atoms with E-state index >= 15 is 0 Å². The Morgan fingerprint density at radius 1 is 1.50 bits per heavy atom. The molecule has 18 heavy (non-hydrogen) atoms. The van der Waals surface area contributed by atoms with Crippen molar-refractivity contribution in [2.24, 2.45) is 5.11 Å². The van der Waals surface area contributed by atoms with E-state index in [9.17, 15) is 14.7 Å². The Labute approximate surface area is 103 Å². The molecule has 0 amide bonds. The van der Waals surface area contributed by atoms with Crippen molar-refractivity contribution in [1.29, 1.82) is 5.26 Å². The second kappa shape index (κ2) is 10.0. The number of hydrogen-bond acceptors (Lipinski definition) is 7. The maximum Gasteiger partial charge on any atom is 0.313 e. The van der Waals surface area contributed by atoms with Gasteiger partial charge in [-0.05, 0) is 5.53 Å². The fourth-order valence-electron chi connectivity index (χ4n) is 0.834. The van der Waals surface area contributed by atoms with E-state index in [4.69, 9.17) is 10.8 Å². The van der Waals surface area contributed by atoms with E-state index in [-0.39, 0.29) is 26.2 Å². The topological polar surface area (TPSA) is 145 Å². The molecule has 0 radical (unpaired) electrons. The van der Waals surface area contributed by atoms with Gasteiger partial charge in [-0.25, -0.2) is 0 Å². The van der Waals surface area contributed by atoms with Gasteiger partial charge >= 0.3 is 5.97 Å². The summed E-state index contributed by atoms with van der Waals surface area (Å²) in [5.74, 6) is -1.70. The van der Waals surface area contributed by atoms with Crippen LogP contribution in [0.4, 0.5) is 0 Å². The molecule has 1 unspecified atom stereocenters. The minimum atomic E-state index is -1.76. The van der Waals surface area contributed by atoms with Gasteiger partial charge in [-0.3, -0.25) is 9.59 Å². The number of azide groups is 1. The summed E-state index contributed by atoms with van der Waals surface area (Å²) in [5.41, 5.74) is 7.95. The Hall–Kier alpha value is -2.14. The predicted molar refractivity (Wildman–Crippen MR) is 56.8 cm³/mol. The van der Waals surface area contributed by atoms with Crippen LogP contribution in [0, 0.1) is 11.3 Å². The third kappa shape index (κ3) is 8.06. The summed E-state index contributed by atoms with van der Waals surface area (Å²) in [6.45, 7) is -0.273. The third-order valence-corrected chi connectivity index (χ3v) is 1.60. The van der Waals surface area contributed by atoms with E-state index in [0.717, 1.165) is 0 Å². The van der Waals surface area contributed by atoms with Crippen LogP contribution in [0.1, 0.15) is 12.8 Å². The average Bonchev–Trinajstić information content (AvgIpc) is 2.34. The van der Waals surface area contributed by atoms with Gasteiger partial charge in [-0.2, -0.15) is 5.26 Å². The summed E-state index contributed by atoms with van der Waals surface area (Å²) in [6, 6.07) is 1.76. The van der Waals surface area contributed by atoms with E-state index in [1.165, 1.54) is 0 Å². The fourth-order valence-corrected chi connectivity index (χ4v) is 0.834. The number of carbonyl (C=O) groups is 2. The van der Waals surface area contributed by atoms with Gasteiger partial charge in [0.2, 0.25) is 6.29 Å². The Morgan fingerprint density at radius 2 is 2.22 bits per heavy atom. The number of hydrogen-bond donors (Lipinski definition) is 1. The molecule has 0 aliphatic heterocycles. The van der Waals surface area contributed by atoms with Crippen molar-refractivity contribution >= 4 is 11.8 Å². The molecule has 0 spiro atoms. The summed E-state index contributed by atoms with van der Waals surface area (Å²) >= 11 is 0. The Bertz CT molecular complexity index is 372. The van der Waals surface area contributed by atoms with Crippen molar-refractivity contribution in [3.8, 4) is 6.07 Å². The lowest BCUT2D eigenvalue weighted by Crippen LogP contribution is -2.27.